The van der Waals surface area contributed by atoms with Crippen LogP contribution in [0.3, 0.4) is 0 Å². The van der Waals surface area contributed by atoms with E-state index in [0.29, 0.717) is 32.5 Å². The van der Waals surface area contributed by atoms with Gasteiger partial charge in [0.25, 0.3) is 0 Å². The Kier molecular flexibility index (Phi) is 19.6. The molecule has 0 spiro atoms. The van der Waals surface area contributed by atoms with E-state index in [2.05, 4.69) is 75.6 Å². The predicted molar refractivity (Wildman–Crippen MR) is 222 cm³/mol. The summed E-state index contributed by atoms with van der Waals surface area (Å²) >= 11 is 0. The molecule has 2 heterocycles. The Morgan fingerprint density at radius 1 is 0.707 bits per heavy atom. The van der Waals surface area contributed by atoms with Crippen LogP contribution in [0.5, 0.6) is 0 Å². The minimum Gasteiger partial charge on any atom is -0.460 e. The highest BCUT2D eigenvalue weighted by Crippen LogP contribution is 2.33. The fraction of sp³-hybridized carbons (Fsp3) is 0.622. The molecule has 3 aromatic rings. The lowest BCUT2D eigenvalue weighted by molar-refractivity contribution is -0.157. The van der Waals surface area contributed by atoms with E-state index in [4.69, 9.17) is 33.2 Å². The topological polar surface area (TPSA) is 136 Å². The Hall–Kier alpha value is -3.85. The molecule has 13 nitrogen and oxygen atoms in total. The molecule has 0 bridgehead atoms. The average molecular weight is 810 g/mol. The van der Waals surface area contributed by atoms with Crippen LogP contribution in [0.15, 0.2) is 60.8 Å². The van der Waals surface area contributed by atoms with Gasteiger partial charge in [0.2, 0.25) is 5.91 Å². The van der Waals surface area contributed by atoms with Crippen LogP contribution in [-0.2, 0) is 60.6 Å². The van der Waals surface area contributed by atoms with Crippen LogP contribution in [0.1, 0.15) is 90.8 Å². The van der Waals surface area contributed by atoms with Gasteiger partial charge in [0.05, 0.1) is 78.3 Å². The summed E-state index contributed by atoms with van der Waals surface area (Å²) in [4.78, 5) is 39.3. The van der Waals surface area contributed by atoms with Gasteiger partial charge in [-0.25, -0.2) is 0 Å². The lowest BCUT2D eigenvalue weighted by Gasteiger charge is -2.36. The van der Waals surface area contributed by atoms with Gasteiger partial charge in [-0.05, 0) is 84.2 Å². The molecule has 1 saturated heterocycles. The number of esters is 2. The van der Waals surface area contributed by atoms with Crippen LogP contribution in [-0.4, -0.2) is 117 Å². The molecule has 1 unspecified atom stereocenters. The third kappa shape index (κ3) is 18.0. The quantitative estimate of drug-likeness (QED) is 0.0753. The number of rotatable bonds is 25. The van der Waals surface area contributed by atoms with Crippen molar-refractivity contribution in [1.29, 1.82) is 0 Å². The number of benzene rings is 2. The highest BCUT2D eigenvalue weighted by Gasteiger charge is 2.25. The van der Waals surface area contributed by atoms with Crippen molar-refractivity contribution in [2.45, 2.75) is 110 Å². The molecule has 322 valence electrons. The number of amides is 1. The first-order chi connectivity index (χ1) is 27.8. The monoisotopic (exact) mass is 809 g/mol. The van der Waals surface area contributed by atoms with Gasteiger partial charge in [0.1, 0.15) is 17.8 Å². The number of nitrogens with zero attached hydrogens (tertiary/aromatic N) is 2. The summed E-state index contributed by atoms with van der Waals surface area (Å²) in [6.07, 6.45) is 6.00. The van der Waals surface area contributed by atoms with Gasteiger partial charge in [-0.1, -0.05) is 48.9 Å². The number of likely N-dealkylation sites (tertiary alicyclic amines) is 1. The molecule has 1 amide bonds. The van der Waals surface area contributed by atoms with E-state index in [1.807, 2.05) is 0 Å². The Labute approximate surface area is 344 Å². The van der Waals surface area contributed by atoms with Crippen molar-refractivity contribution in [3.63, 3.8) is 0 Å². The SMILES string of the molecule is CC(C)(C)OC(=O)CCOCC(COCCC(=O)OC(C)(C)C)NC(=O)COCCOCCOCCn1ccc2c(CN3CCCCC3c3ccccc3)cccc21. The highest BCUT2D eigenvalue weighted by molar-refractivity contribution is 5.83. The molecular formula is C45H67N3O10. The highest BCUT2D eigenvalue weighted by atomic mass is 16.6. The second-order valence-electron chi connectivity index (χ2n) is 16.6. The first-order valence-corrected chi connectivity index (χ1v) is 20.7. The number of ether oxygens (including phenoxy) is 7. The minimum absolute atomic E-state index is 0.0756. The first-order valence-electron chi connectivity index (χ1n) is 20.7. The smallest absolute Gasteiger partial charge is 0.308 e. The maximum absolute atomic E-state index is 12.6. The van der Waals surface area contributed by atoms with E-state index in [1.165, 1.54) is 41.3 Å². The summed E-state index contributed by atoms with van der Waals surface area (Å²) in [5, 5.41) is 4.13. The van der Waals surface area contributed by atoms with E-state index < -0.39 is 17.2 Å². The maximum atomic E-state index is 12.6. The molecule has 1 N–H and O–H groups in total. The standard InChI is InChI=1S/C45H67N3O10/c1-44(2,3)57-42(50)19-24-54-32-37(33-55-25-20-43(51)58-45(4,5)6)46-41(49)34-56-30-29-53-28-27-52-26-23-47-22-18-38-36(15-12-17-40(38)47)31-48-21-11-10-16-39(48)35-13-8-7-9-14-35/h7-9,12-15,17-18,22,37,39H,10-11,16,19-21,23-34H2,1-6H3,(H,46,49). The number of carbonyl (C=O) groups is 3. The zero-order valence-electron chi connectivity index (χ0n) is 35.6. The number of carbonyl (C=O) groups excluding carboxylic acids is 3. The lowest BCUT2D eigenvalue weighted by Crippen LogP contribution is -2.43. The van der Waals surface area contributed by atoms with Crippen LogP contribution in [0.4, 0.5) is 0 Å². The average Bonchev–Trinajstić information content (AvgIpc) is 3.58. The molecule has 1 fully saturated rings. The Bertz CT molecular complexity index is 1630. The number of hydrogen-bond donors (Lipinski definition) is 1. The first kappa shape index (κ1) is 46.8. The number of fused-ring (bicyclic) bond motifs is 1. The molecule has 1 aromatic heterocycles. The van der Waals surface area contributed by atoms with Gasteiger partial charge in [-0.15, -0.1) is 0 Å². The van der Waals surface area contributed by atoms with Gasteiger partial charge in [-0.2, -0.15) is 0 Å². The summed E-state index contributed by atoms with van der Waals surface area (Å²) in [6.45, 7) is 15.8. The third-order valence-electron chi connectivity index (χ3n) is 9.27. The molecule has 1 aliphatic heterocycles. The predicted octanol–water partition coefficient (Wildman–Crippen LogP) is 6.40. The van der Waals surface area contributed by atoms with E-state index in [1.54, 1.807) is 41.5 Å². The molecule has 1 atom stereocenters. The molecular weight excluding hydrogens is 743 g/mol. The van der Waals surface area contributed by atoms with Gasteiger partial charge in [-0.3, -0.25) is 19.3 Å². The fourth-order valence-electron chi connectivity index (χ4n) is 6.79. The van der Waals surface area contributed by atoms with Crippen molar-refractivity contribution in [1.82, 2.24) is 14.8 Å². The molecule has 2 aromatic carbocycles. The van der Waals surface area contributed by atoms with Crippen molar-refractivity contribution in [3.8, 4) is 0 Å². The van der Waals surface area contributed by atoms with Crippen molar-refractivity contribution < 1.29 is 47.5 Å². The number of aromatic nitrogens is 1. The zero-order chi connectivity index (χ0) is 41.8. The Morgan fingerprint density at radius 2 is 1.33 bits per heavy atom. The molecule has 0 radical (unpaired) electrons. The van der Waals surface area contributed by atoms with Crippen LogP contribution >= 0.6 is 0 Å². The molecule has 13 heteroatoms. The largest absolute Gasteiger partial charge is 0.460 e. The van der Waals surface area contributed by atoms with Crippen molar-refractivity contribution in [2.24, 2.45) is 0 Å². The van der Waals surface area contributed by atoms with Gasteiger partial charge < -0.3 is 43.0 Å². The number of piperidine rings is 1. The normalized spacial score (nSPS) is 15.2. The molecule has 0 aliphatic carbocycles. The second-order valence-corrected chi connectivity index (χ2v) is 16.6. The summed E-state index contributed by atoms with van der Waals surface area (Å²) < 4.78 is 41.2. The summed E-state index contributed by atoms with van der Waals surface area (Å²) in [7, 11) is 0. The van der Waals surface area contributed by atoms with Crippen molar-refractivity contribution in [2.75, 3.05) is 72.6 Å². The fourth-order valence-corrected chi connectivity index (χ4v) is 6.79. The Morgan fingerprint density at radius 3 is 1.97 bits per heavy atom. The summed E-state index contributed by atoms with van der Waals surface area (Å²) in [5.41, 5.74) is 2.81. The second kappa shape index (κ2) is 24.3. The molecule has 0 saturated carbocycles. The van der Waals surface area contributed by atoms with E-state index in [9.17, 15) is 14.4 Å². The molecule has 58 heavy (non-hydrogen) atoms. The van der Waals surface area contributed by atoms with Gasteiger partial charge >= 0.3 is 11.9 Å². The van der Waals surface area contributed by atoms with Crippen LogP contribution in [0, 0.1) is 0 Å². The zero-order valence-corrected chi connectivity index (χ0v) is 35.6. The third-order valence-corrected chi connectivity index (χ3v) is 9.27. The van der Waals surface area contributed by atoms with E-state index in [0.717, 1.165) is 19.6 Å². The van der Waals surface area contributed by atoms with Crippen LogP contribution in [0.2, 0.25) is 0 Å². The summed E-state index contributed by atoms with van der Waals surface area (Å²) in [6, 6.07) is 19.6. The van der Waals surface area contributed by atoms with Gasteiger partial charge in [0, 0.05) is 36.2 Å². The maximum Gasteiger partial charge on any atom is 0.308 e. The minimum atomic E-state index is -0.583. The van der Waals surface area contributed by atoms with E-state index in [-0.39, 0.29) is 70.3 Å². The number of nitrogens with one attached hydrogen (secondary N) is 1. The van der Waals surface area contributed by atoms with Crippen molar-refractivity contribution in [3.05, 3.63) is 71.9 Å². The number of hydrogen-bond acceptors (Lipinski definition) is 11. The molecule has 4 rings (SSSR count). The summed E-state index contributed by atoms with van der Waals surface area (Å²) in [5.74, 6) is -1.10. The molecule has 1 aliphatic rings. The van der Waals surface area contributed by atoms with Gasteiger partial charge in [0.15, 0.2) is 0 Å². The van der Waals surface area contributed by atoms with Crippen LogP contribution in [0.25, 0.3) is 10.9 Å². The van der Waals surface area contributed by atoms with E-state index >= 15 is 0 Å². The lowest BCUT2D eigenvalue weighted by atomic mass is 9.94. The Balaban J connectivity index is 1.09. The van der Waals surface area contributed by atoms with Crippen molar-refractivity contribution >= 4 is 28.7 Å². The van der Waals surface area contributed by atoms with Crippen LogP contribution < -0.4 is 5.32 Å².